The number of benzene rings is 1. The summed E-state index contributed by atoms with van der Waals surface area (Å²) in [6.07, 6.45) is -3.96. The van der Waals surface area contributed by atoms with Crippen molar-refractivity contribution in [1.29, 1.82) is 0 Å². The van der Waals surface area contributed by atoms with Gasteiger partial charge >= 0.3 is 5.97 Å². The maximum absolute atomic E-state index is 11.3. The van der Waals surface area contributed by atoms with E-state index in [4.69, 9.17) is 9.47 Å². The molecule has 2 aliphatic rings. The maximum atomic E-state index is 11.3. The largest absolute Gasteiger partial charge is 0.456 e. The van der Waals surface area contributed by atoms with E-state index >= 15 is 0 Å². The molecule has 0 bridgehead atoms. The van der Waals surface area contributed by atoms with Gasteiger partial charge in [-0.1, -0.05) is 30.3 Å². The van der Waals surface area contributed by atoms with Gasteiger partial charge in [-0.2, -0.15) is 0 Å². The Kier molecular flexibility index (Phi) is 2.81. The van der Waals surface area contributed by atoms with Crippen LogP contribution < -0.4 is 0 Å². The second-order valence-electron chi connectivity index (χ2n) is 4.65. The van der Waals surface area contributed by atoms with Crippen molar-refractivity contribution in [2.75, 3.05) is 0 Å². The zero-order chi connectivity index (χ0) is 12.7. The average molecular weight is 250 g/mol. The Hall–Kier alpha value is -1.43. The maximum Gasteiger partial charge on any atom is 0.308 e. The first kappa shape index (κ1) is 11.6. The van der Waals surface area contributed by atoms with E-state index < -0.39 is 36.5 Å². The van der Waals surface area contributed by atoms with Crippen LogP contribution in [0.5, 0.6) is 0 Å². The Morgan fingerprint density at radius 1 is 1.11 bits per heavy atom. The summed E-state index contributed by atoms with van der Waals surface area (Å²) in [6.45, 7) is 0. The number of hydrogen-bond donors (Lipinski definition) is 2. The Labute approximate surface area is 104 Å². The van der Waals surface area contributed by atoms with E-state index in [1.54, 1.807) is 0 Å². The molecule has 1 aromatic rings. The smallest absolute Gasteiger partial charge is 0.308 e. The highest BCUT2D eigenvalue weighted by atomic mass is 16.6. The molecule has 2 saturated heterocycles. The van der Waals surface area contributed by atoms with Crippen LogP contribution in [0.3, 0.4) is 0 Å². The highest BCUT2D eigenvalue weighted by Gasteiger charge is 2.52. The highest BCUT2D eigenvalue weighted by Crippen LogP contribution is 2.39. The Morgan fingerprint density at radius 3 is 2.56 bits per heavy atom. The number of carbonyl (C=O) groups excluding carboxylic acids is 1. The topological polar surface area (TPSA) is 76.0 Å². The molecular formula is C13H14O5. The van der Waals surface area contributed by atoms with E-state index in [9.17, 15) is 15.0 Å². The fourth-order valence-electron chi connectivity index (χ4n) is 2.55. The Balaban J connectivity index is 1.86. The molecule has 5 heteroatoms. The minimum Gasteiger partial charge on any atom is -0.456 e. The summed E-state index contributed by atoms with van der Waals surface area (Å²) >= 11 is 0. The van der Waals surface area contributed by atoms with E-state index in [0.29, 0.717) is 0 Å². The van der Waals surface area contributed by atoms with Gasteiger partial charge in [0.05, 0.1) is 12.5 Å². The quantitative estimate of drug-likeness (QED) is 0.695. The molecule has 5 atom stereocenters. The summed E-state index contributed by atoms with van der Waals surface area (Å²) in [4.78, 5) is 11.3. The van der Waals surface area contributed by atoms with Crippen molar-refractivity contribution in [3.05, 3.63) is 35.9 Å². The molecule has 5 nitrogen and oxygen atoms in total. The van der Waals surface area contributed by atoms with Crippen LogP contribution >= 0.6 is 0 Å². The summed E-state index contributed by atoms with van der Waals surface area (Å²) < 4.78 is 10.7. The lowest BCUT2D eigenvalue weighted by Gasteiger charge is -2.29. The SMILES string of the molecule is O=C1C[C@@H](O)[C@H]2O[C@H](c3ccccc3)[C@@H](O)[C@@H]2O1. The minimum absolute atomic E-state index is 0.0879. The van der Waals surface area contributed by atoms with Crippen molar-refractivity contribution in [2.45, 2.75) is 36.9 Å². The standard InChI is InChI=1S/C13H14O5/c14-8-6-9(15)17-13-10(16)11(18-12(8)13)7-4-2-1-3-5-7/h1-5,8,10-14,16H,6H2/t8-,10-,11-,12-,13+/m1/s1. The van der Waals surface area contributed by atoms with Crippen molar-refractivity contribution < 1.29 is 24.5 Å². The van der Waals surface area contributed by atoms with Crippen molar-refractivity contribution in [3.8, 4) is 0 Å². The summed E-state index contributed by atoms with van der Waals surface area (Å²) in [6, 6.07) is 9.22. The molecule has 0 spiro atoms. The molecule has 3 rings (SSSR count). The predicted molar refractivity (Wildman–Crippen MR) is 60.6 cm³/mol. The van der Waals surface area contributed by atoms with E-state index in [1.807, 2.05) is 30.3 Å². The molecule has 2 fully saturated rings. The third-order valence-electron chi connectivity index (χ3n) is 3.43. The van der Waals surface area contributed by atoms with Gasteiger partial charge < -0.3 is 19.7 Å². The fraction of sp³-hybridized carbons (Fsp3) is 0.462. The van der Waals surface area contributed by atoms with Gasteiger partial charge in [0.1, 0.15) is 18.3 Å². The molecule has 2 heterocycles. The monoisotopic (exact) mass is 250 g/mol. The van der Waals surface area contributed by atoms with Crippen LogP contribution in [0.2, 0.25) is 0 Å². The lowest BCUT2D eigenvalue weighted by Crippen LogP contribution is -2.47. The summed E-state index contributed by atoms with van der Waals surface area (Å²) in [5.74, 6) is -0.500. The minimum atomic E-state index is -0.948. The predicted octanol–water partition coefficient (Wildman–Crippen LogP) is 0.164. The molecule has 96 valence electrons. The second-order valence-corrected chi connectivity index (χ2v) is 4.65. The van der Waals surface area contributed by atoms with Crippen LogP contribution in [0.25, 0.3) is 0 Å². The molecule has 0 amide bonds. The van der Waals surface area contributed by atoms with Gasteiger partial charge in [-0.15, -0.1) is 0 Å². The normalized spacial score (nSPS) is 39.2. The van der Waals surface area contributed by atoms with Crippen molar-refractivity contribution in [3.63, 3.8) is 0 Å². The third kappa shape index (κ3) is 1.80. The number of hydrogen-bond acceptors (Lipinski definition) is 5. The van der Waals surface area contributed by atoms with Crippen LogP contribution in [-0.4, -0.2) is 40.6 Å². The van der Waals surface area contributed by atoms with Gasteiger partial charge in [0.15, 0.2) is 6.10 Å². The molecular weight excluding hydrogens is 236 g/mol. The molecule has 0 radical (unpaired) electrons. The number of fused-ring (bicyclic) bond motifs is 1. The first-order valence-electron chi connectivity index (χ1n) is 5.93. The van der Waals surface area contributed by atoms with Gasteiger partial charge in [0.25, 0.3) is 0 Å². The molecule has 18 heavy (non-hydrogen) atoms. The lowest BCUT2D eigenvalue weighted by molar-refractivity contribution is -0.175. The van der Waals surface area contributed by atoms with Crippen molar-refractivity contribution in [1.82, 2.24) is 0 Å². The molecule has 0 unspecified atom stereocenters. The molecule has 2 aliphatic heterocycles. The van der Waals surface area contributed by atoms with Crippen molar-refractivity contribution >= 4 is 5.97 Å². The van der Waals surface area contributed by atoms with E-state index in [1.165, 1.54) is 0 Å². The van der Waals surface area contributed by atoms with Crippen LogP contribution in [0.15, 0.2) is 30.3 Å². The summed E-state index contributed by atoms with van der Waals surface area (Å²) in [7, 11) is 0. The summed E-state index contributed by atoms with van der Waals surface area (Å²) in [5.41, 5.74) is 0.808. The second kappa shape index (κ2) is 4.35. The number of aliphatic hydroxyl groups excluding tert-OH is 2. The van der Waals surface area contributed by atoms with Gasteiger partial charge in [-0.25, -0.2) is 0 Å². The van der Waals surface area contributed by atoms with Gasteiger partial charge in [-0.3, -0.25) is 4.79 Å². The molecule has 0 saturated carbocycles. The number of rotatable bonds is 1. The van der Waals surface area contributed by atoms with Crippen molar-refractivity contribution in [2.24, 2.45) is 0 Å². The van der Waals surface area contributed by atoms with E-state index in [-0.39, 0.29) is 6.42 Å². The third-order valence-corrected chi connectivity index (χ3v) is 3.43. The number of esters is 1. The molecule has 2 N–H and O–H groups in total. The molecule has 0 aliphatic carbocycles. The van der Waals surface area contributed by atoms with Gasteiger partial charge in [-0.05, 0) is 5.56 Å². The van der Waals surface area contributed by atoms with Crippen LogP contribution in [-0.2, 0) is 14.3 Å². The van der Waals surface area contributed by atoms with Crippen LogP contribution in [0, 0.1) is 0 Å². The number of ether oxygens (including phenoxy) is 2. The first-order chi connectivity index (χ1) is 8.66. The number of carbonyl (C=O) groups is 1. The average Bonchev–Trinajstić information content (AvgIpc) is 2.69. The number of aliphatic hydroxyl groups is 2. The van der Waals surface area contributed by atoms with Gasteiger partial charge in [0.2, 0.25) is 0 Å². The summed E-state index contributed by atoms with van der Waals surface area (Å²) in [5, 5.41) is 20.0. The van der Waals surface area contributed by atoms with E-state index in [0.717, 1.165) is 5.56 Å². The lowest BCUT2D eigenvalue weighted by atomic mass is 9.97. The zero-order valence-corrected chi connectivity index (χ0v) is 9.60. The zero-order valence-electron chi connectivity index (χ0n) is 9.60. The molecule has 0 aromatic heterocycles. The fourth-order valence-corrected chi connectivity index (χ4v) is 2.55. The molecule has 1 aromatic carbocycles. The Morgan fingerprint density at radius 2 is 1.83 bits per heavy atom. The van der Waals surface area contributed by atoms with Crippen LogP contribution in [0.1, 0.15) is 18.1 Å². The van der Waals surface area contributed by atoms with E-state index in [2.05, 4.69) is 0 Å². The highest BCUT2D eigenvalue weighted by molar-refractivity contribution is 5.71. The van der Waals surface area contributed by atoms with Gasteiger partial charge in [0, 0.05) is 0 Å². The van der Waals surface area contributed by atoms with Crippen LogP contribution in [0.4, 0.5) is 0 Å². The Bertz CT molecular complexity index is 446. The first-order valence-corrected chi connectivity index (χ1v) is 5.93.